The molecule has 1 amide bonds. The minimum atomic E-state index is -0.571. The van der Waals surface area contributed by atoms with Crippen molar-refractivity contribution in [2.45, 2.75) is 70.9 Å². The Balaban J connectivity index is 2.48. The lowest BCUT2D eigenvalue weighted by Gasteiger charge is -2.20. The van der Waals surface area contributed by atoms with Crippen LogP contribution in [0, 0.1) is 29.6 Å². The third-order valence-corrected chi connectivity index (χ3v) is 4.50. The second kappa shape index (κ2) is 13.0. The molecule has 0 aromatic rings. The van der Waals surface area contributed by atoms with Crippen LogP contribution in [0.4, 0.5) is 0 Å². The molecule has 2 unspecified atom stereocenters. The van der Waals surface area contributed by atoms with E-state index < -0.39 is 6.10 Å². The summed E-state index contributed by atoms with van der Waals surface area (Å²) in [6, 6.07) is -0.0227. The van der Waals surface area contributed by atoms with E-state index >= 15 is 0 Å². The van der Waals surface area contributed by atoms with Gasteiger partial charge in [0, 0.05) is 32.1 Å². The van der Waals surface area contributed by atoms with Gasteiger partial charge in [-0.15, -0.1) is 17.8 Å². The summed E-state index contributed by atoms with van der Waals surface area (Å²) >= 11 is 0. The first-order chi connectivity index (χ1) is 13.0. The zero-order valence-electron chi connectivity index (χ0n) is 16.7. The lowest BCUT2D eigenvalue weighted by atomic mass is 10.00. The minimum Gasteiger partial charge on any atom is -0.469 e. The van der Waals surface area contributed by atoms with Gasteiger partial charge in [0.15, 0.2) is 0 Å². The highest BCUT2D eigenvalue weighted by molar-refractivity contribution is 5.79. The van der Waals surface area contributed by atoms with E-state index in [-0.39, 0.29) is 23.8 Å². The zero-order valence-corrected chi connectivity index (χ0v) is 16.7. The van der Waals surface area contributed by atoms with Gasteiger partial charge in [0.2, 0.25) is 5.91 Å². The molecule has 0 spiro atoms. The van der Waals surface area contributed by atoms with Crippen molar-refractivity contribution < 1.29 is 19.4 Å². The number of rotatable bonds is 8. The van der Waals surface area contributed by atoms with Crippen LogP contribution in [0.15, 0.2) is 12.2 Å². The number of esters is 1. The Labute approximate surface area is 163 Å². The fourth-order valence-corrected chi connectivity index (χ4v) is 2.72. The molecule has 0 aliphatic carbocycles. The number of hydrogen-bond acceptors (Lipinski definition) is 4. The Hall–Kier alpha value is -2.24. The fraction of sp³-hybridized carbons (Fsp3) is 0.636. The fourth-order valence-electron chi connectivity index (χ4n) is 2.72. The predicted molar refractivity (Wildman–Crippen MR) is 105 cm³/mol. The van der Waals surface area contributed by atoms with Gasteiger partial charge in [-0.1, -0.05) is 31.9 Å². The maximum absolute atomic E-state index is 12.1. The van der Waals surface area contributed by atoms with E-state index in [1.807, 2.05) is 19.9 Å². The molecule has 1 aliphatic rings. The number of ether oxygens (including phenoxy) is 1. The Morgan fingerprint density at radius 1 is 1.37 bits per heavy atom. The summed E-state index contributed by atoms with van der Waals surface area (Å²) < 4.78 is 4.58. The number of likely N-dealkylation sites (tertiary alicyclic amines) is 1. The van der Waals surface area contributed by atoms with Crippen molar-refractivity contribution in [3.63, 3.8) is 0 Å². The van der Waals surface area contributed by atoms with Crippen LogP contribution in [0.25, 0.3) is 0 Å². The number of amides is 1. The quantitative estimate of drug-likeness (QED) is 0.307. The normalized spacial score (nSPS) is 18.4. The van der Waals surface area contributed by atoms with E-state index in [0.29, 0.717) is 38.6 Å². The summed E-state index contributed by atoms with van der Waals surface area (Å²) in [7, 11) is 1.37. The first-order valence-electron chi connectivity index (χ1n) is 9.63. The first kappa shape index (κ1) is 22.8. The molecule has 27 heavy (non-hydrogen) atoms. The topological polar surface area (TPSA) is 66.8 Å². The van der Waals surface area contributed by atoms with Crippen molar-refractivity contribution >= 4 is 11.9 Å². The molecule has 1 heterocycles. The number of carbonyl (C=O) groups excluding carboxylic acids is 2. The summed E-state index contributed by atoms with van der Waals surface area (Å²) in [6.45, 7) is 4.35. The number of methoxy groups -OCH3 is 1. The van der Waals surface area contributed by atoms with Crippen LogP contribution >= 0.6 is 0 Å². The maximum atomic E-state index is 12.1. The van der Waals surface area contributed by atoms with Gasteiger partial charge in [-0.05, 0) is 18.8 Å². The van der Waals surface area contributed by atoms with Gasteiger partial charge >= 0.3 is 5.97 Å². The highest BCUT2D eigenvalue weighted by atomic mass is 16.5. The molecular weight excluding hydrogens is 342 g/mol. The molecule has 1 fully saturated rings. The van der Waals surface area contributed by atoms with Crippen LogP contribution in [0.1, 0.15) is 58.8 Å². The van der Waals surface area contributed by atoms with Crippen LogP contribution in [0.2, 0.25) is 0 Å². The summed E-state index contributed by atoms with van der Waals surface area (Å²) in [5.41, 5.74) is 0. The lowest BCUT2D eigenvalue weighted by Crippen LogP contribution is -2.32. The monoisotopic (exact) mass is 373 g/mol. The Morgan fingerprint density at radius 2 is 2.15 bits per heavy atom. The Morgan fingerprint density at radius 3 is 2.85 bits per heavy atom. The molecule has 5 heteroatoms. The summed E-state index contributed by atoms with van der Waals surface area (Å²) in [6.07, 6.45) is 7.47. The molecule has 1 N–H and O–H groups in total. The third kappa shape index (κ3) is 8.80. The molecule has 148 valence electrons. The molecule has 1 saturated heterocycles. The Kier molecular flexibility index (Phi) is 11.0. The van der Waals surface area contributed by atoms with Gasteiger partial charge < -0.3 is 14.7 Å². The summed E-state index contributed by atoms with van der Waals surface area (Å²) in [5.74, 6) is 12.0. The van der Waals surface area contributed by atoms with E-state index in [4.69, 9.17) is 0 Å². The second-order valence-corrected chi connectivity index (χ2v) is 6.67. The van der Waals surface area contributed by atoms with Crippen LogP contribution < -0.4 is 0 Å². The lowest BCUT2D eigenvalue weighted by molar-refractivity contribution is -0.140. The summed E-state index contributed by atoms with van der Waals surface area (Å²) in [4.78, 5) is 24.8. The van der Waals surface area contributed by atoms with Crippen LogP contribution in [-0.4, -0.2) is 47.7 Å². The number of hydrogen-bond donors (Lipinski definition) is 1. The third-order valence-electron chi connectivity index (χ3n) is 4.50. The van der Waals surface area contributed by atoms with E-state index in [0.717, 1.165) is 12.8 Å². The number of aliphatic hydroxyl groups is 1. The van der Waals surface area contributed by atoms with Gasteiger partial charge in [0.05, 0.1) is 25.8 Å². The first-order valence-corrected chi connectivity index (χ1v) is 9.63. The number of unbranched alkanes of at least 4 members (excludes halogenated alkanes) is 1. The van der Waals surface area contributed by atoms with E-state index in [1.54, 1.807) is 11.0 Å². The van der Waals surface area contributed by atoms with Gasteiger partial charge in [-0.25, -0.2) is 0 Å². The van der Waals surface area contributed by atoms with Gasteiger partial charge in [0.25, 0.3) is 0 Å². The second-order valence-electron chi connectivity index (χ2n) is 6.67. The maximum Gasteiger partial charge on any atom is 0.305 e. The average Bonchev–Trinajstić information content (AvgIpc) is 3.02. The van der Waals surface area contributed by atoms with Crippen molar-refractivity contribution in [1.29, 1.82) is 0 Å². The summed E-state index contributed by atoms with van der Waals surface area (Å²) in [5, 5.41) is 10.2. The van der Waals surface area contributed by atoms with E-state index in [1.165, 1.54) is 7.11 Å². The number of aliphatic hydroxyl groups excluding tert-OH is 1. The smallest absolute Gasteiger partial charge is 0.305 e. The molecule has 1 aliphatic heterocycles. The molecule has 1 rings (SSSR count). The SMILES string of the molecule is CCC#CCC(C)C(O)/C=C/[C@H]1CCC(=O)N1CC#CCCCC(=O)OC. The van der Waals surface area contributed by atoms with Crippen molar-refractivity contribution in [3.8, 4) is 23.7 Å². The van der Waals surface area contributed by atoms with Gasteiger partial charge in [0.1, 0.15) is 0 Å². The van der Waals surface area contributed by atoms with Crippen molar-refractivity contribution in [2.75, 3.05) is 13.7 Å². The van der Waals surface area contributed by atoms with Crippen molar-refractivity contribution in [3.05, 3.63) is 12.2 Å². The molecule has 0 radical (unpaired) electrons. The van der Waals surface area contributed by atoms with E-state index in [2.05, 4.69) is 28.4 Å². The van der Waals surface area contributed by atoms with E-state index in [9.17, 15) is 14.7 Å². The predicted octanol–water partition coefficient (Wildman–Crippen LogP) is 2.68. The standard InChI is InChI=1S/C22H31NO4/c1-4-5-8-11-18(2)20(24)15-13-19-14-16-21(25)23(19)17-10-7-6-9-12-22(26)27-3/h13,15,18-20,24H,4,6,9,11-12,14,16-17H2,1-3H3/b15-13+/t18?,19-,20?/m0/s1. The van der Waals surface area contributed by atoms with Crippen LogP contribution in [0.3, 0.4) is 0 Å². The van der Waals surface area contributed by atoms with Gasteiger partial charge in [-0.3, -0.25) is 9.59 Å². The molecule has 3 atom stereocenters. The average molecular weight is 373 g/mol. The zero-order chi connectivity index (χ0) is 20.1. The van der Waals surface area contributed by atoms with Gasteiger partial charge in [-0.2, -0.15) is 0 Å². The number of nitrogens with zero attached hydrogens (tertiary/aromatic N) is 1. The molecular formula is C22H31NO4. The van der Waals surface area contributed by atoms with Crippen molar-refractivity contribution in [1.82, 2.24) is 4.90 Å². The molecule has 0 aromatic carbocycles. The van der Waals surface area contributed by atoms with Crippen LogP contribution in [0.5, 0.6) is 0 Å². The Bertz CT molecular complexity index is 632. The number of carbonyl (C=O) groups is 2. The largest absolute Gasteiger partial charge is 0.469 e. The van der Waals surface area contributed by atoms with Crippen LogP contribution in [-0.2, 0) is 14.3 Å². The molecule has 0 saturated carbocycles. The minimum absolute atomic E-state index is 0.0227. The molecule has 5 nitrogen and oxygen atoms in total. The van der Waals surface area contributed by atoms with Crippen molar-refractivity contribution in [2.24, 2.45) is 5.92 Å². The highest BCUT2D eigenvalue weighted by Crippen LogP contribution is 2.20. The molecule has 0 aromatic heterocycles. The highest BCUT2D eigenvalue weighted by Gasteiger charge is 2.28. The molecule has 0 bridgehead atoms.